The molecule has 2 aromatic carbocycles. The molecule has 0 atom stereocenters. The number of halogens is 1. The third-order valence-electron chi connectivity index (χ3n) is 3.53. The molecule has 0 fully saturated rings. The number of ether oxygens (including phenoxy) is 2. The fourth-order valence-corrected chi connectivity index (χ4v) is 2.24. The molecular weight excluding hydrogens is 339 g/mol. The lowest BCUT2D eigenvalue weighted by atomic mass is 10.2. The Kier molecular flexibility index (Phi) is 6.68. The number of anilines is 1. The number of methoxy groups -OCH3 is 1. The molecule has 0 aromatic heterocycles. The summed E-state index contributed by atoms with van der Waals surface area (Å²) in [7, 11) is 1.28. The van der Waals surface area contributed by atoms with Gasteiger partial charge in [-0.15, -0.1) is 0 Å². The highest BCUT2D eigenvalue weighted by molar-refractivity contribution is 5.94. The molecule has 0 aliphatic carbocycles. The van der Waals surface area contributed by atoms with E-state index in [-0.39, 0.29) is 25.3 Å². The third kappa shape index (κ3) is 4.80. The SMILES string of the molecule is COC(=O)c1ccc(OCC(=O)N(CCC#N)c2ccccc2F)cc1. The van der Waals surface area contributed by atoms with Crippen molar-refractivity contribution in [2.75, 3.05) is 25.2 Å². The number of hydrogen-bond acceptors (Lipinski definition) is 5. The number of esters is 1. The van der Waals surface area contributed by atoms with Crippen LogP contribution in [0.15, 0.2) is 48.5 Å². The van der Waals surface area contributed by atoms with Crippen molar-refractivity contribution < 1.29 is 23.5 Å². The van der Waals surface area contributed by atoms with Crippen LogP contribution < -0.4 is 9.64 Å². The first-order chi connectivity index (χ1) is 12.6. The Morgan fingerprint density at radius 3 is 2.46 bits per heavy atom. The van der Waals surface area contributed by atoms with Crippen molar-refractivity contribution >= 4 is 17.6 Å². The van der Waals surface area contributed by atoms with Crippen molar-refractivity contribution in [3.05, 3.63) is 59.9 Å². The minimum absolute atomic E-state index is 0.0565. The molecule has 0 heterocycles. The fraction of sp³-hybridized carbons (Fsp3) is 0.211. The minimum Gasteiger partial charge on any atom is -0.484 e. The number of para-hydroxylation sites is 1. The van der Waals surface area contributed by atoms with Gasteiger partial charge in [-0.3, -0.25) is 4.79 Å². The first-order valence-electron chi connectivity index (χ1n) is 7.80. The summed E-state index contributed by atoms with van der Waals surface area (Å²) in [5.74, 6) is -1.14. The zero-order valence-corrected chi connectivity index (χ0v) is 14.1. The maximum Gasteiger partial charge on any atom is 0.337 e. The third-order valence-corrected chi connectivity index (χ3v) is 3.53. The maximum absolute atomic E-state index is 14.0. The molecule has 1 amide bonds. The summed E-state index contributed by atoms with van der Waals surface area (Å²) < 4.78 is 24.0. The second-order valence-electron chi connectivity index (χ2n) is 5.21. The van der Waals surface area contributed by atoms with E-state index >= 15 is 0 Å². The predicted octanol–water partition coefficient (Wildman–Crippen LogP) is 2.94. The van der Waals surface area contributed by atoms with Gasteiger partial charge >= 0.3 is 5.97 Å². The van der Waals surface area contributed by atoms with Crippen LogP contribution in [0.3, 0.4) is 0 Å². The van der Waals surface area contributed by atoms with Gasteiger partial charge < -0.3 is 14.4 Å². The summed E-state index contributed by atoms with van der Waals surface area (Å²) in [5, 5.41) is 8.76. The summed E-state index contributed by atoms with van der Waals surface area (Å²) in [5.41, 5.74) is 0.450. The van der Waals surface area contributed by atoms with Gasteiger partial charge in [-0.05, 0) is 36.4 Å². The normalized spacial score (nSPS) is 9.88. The van der Waals surface area contributed by atoms with Crippen molar-refractivity contribution in [1.29, 1.82) is 5.26 Å². The lowest BCUT2D eigenvalue weighted by Gasteiger charge is -2.22. The lowest BCUT2D eigenvalue weighted by molar-refractivity contribution is -0.120. The average molecular weight is 356 g/mol. The number of hydrogen-bond donors (Lipinski definition) is 0. The lowest BCUT2D eigenvalue weighted by Crippen LogP contribution is -2.36. The van der Waals surface area contributed by atoms with Crippen LogP contribution >= 0.6 is 0 Å². The molecule has 0 saturated heterocycles. The second-order valence-corrected chi connectivity index (χ2v) is 5.21. The van der Waals surface area contributed by atoms with Crippen LogP contribution in [0.2, 0.25) is 0 Å². The van der Waals surface area contributed by atoms with E-state index in [0.29, 0.717) is 11.3 Å². The molecule has 0 bridgehead atoms. The van der Waals surface area contributed by atoms with E-state index < -0.39 is 17.7 Å². The zero-order chi connectivity index (χ0) is 18.9. The molecule has 0 aliphatic rings. The molecular formula is C19H17FN2O4. The van der Waals surface area contributed by atoms with Crippen LogP contribution in [0.1, 0.15) is 16.8 Å². The highest BCUT2D eigenvalue weighted by Crippen LogP contribution is 2.20. The summed E-state index contributed by atoms with van der Waals surface area (Å²) in [6.45, 7) is -0.280. The Balaban J connectivity index is 2.06. The molecule has 6 nitrogen and oxygen atoms in total. The van der Waals surface area contributed by atoms with Gasteiger partial charge in [-0.1, -0.05) is 12.1 Å². The highest BCUT2D eigenvalue weighted by atomic mass is 19.1. The Morgan fingerprint density at radius 2 is 1.85 bits per heavy atom. The standard InChI is InChI=1S/C19H17FN2O4/c1-25-19(24)14-7-9-15(10-8-14)26-13-18(23)22(12-4-11-21)17-6-3-2-5-16(17)20/h2-3,5-10H,4,12-13H2,1H3. The monoisotopic (exact) mass is 356 g/mol. The Labute approximate surface area is 150 Å². The number of rotatable bonds is 7. The number of benzene rings is 2. The van der Waals surface area contributed by atoms with Gasteiger partial charge in [0.15, 0.2) is 6.61 Å². The zero-order valence-electron chi connectivity index (χ0n) is 14.1. The Morgan fingerprint density at radius 1 is 1.15 bits per heavy atom. The van der Waals surface area contributed by atoms with Crippen molar-refractivity contribution in [3.63, 3.8) is 0 Å². The van der Waals surface area contributed by atoms with E-state index in [4.69, 9.17) is 10.00 Å². The number of nitrogens with zero attached hydrogens (tertiary/aromatic N) is 2. The molecule has 0 N–H and O–H groups in total. The predicted molar refractivity (Wildman–Crippen MR) is 92.3 cm³/mol. The molecule has 0 radical (unpaired) electrons. The Hall–Kier alpha value is -3.40. The van der Waals surface area contributed by atoms with Gasteiger partial charge in [-0.2, -0.15) is 5.26 Å². The molecule has 0 aliphatic heterocycles. The molecule has 0 unspecified atom stereocenters. The fourth-order valence-electron chi connectivity index (χ4n) is 2.24. The van der Waals surface area contributed by atoms with E-state index in [1.807, 2.05) is 6.07 Å². The van der Waals surface area contributed by atoms with Crippen molar-refractivity contribution in [2.45, 2.75) is 6.42 Å². The Bertz CT molecular complexity index is 815. The van der Waals surface area contributed by atoms with Gasteiger partial charge in [0.05, 0.1) is 30.9 Å². The van der Waals surface area contributed by atoms with Crippen LogP contribution in [-0.2, 0) is 9.53 Å². The maximum atomic E-state index is 14.0. The number of carbonyl (C=O) groups is 2. The summed E-state index contributed by atoms with van der Waals surface area (Å²) in [4.78, 5) is 25.0. The van der Waals surface area contributed by atoms with Crippen molar-refractivity contribution in [2.24, 2.45) is 0 Å². The topological polar surface area (TPSA) is 79.6 Å². The van der Waals surface area contributed by atoms with Crippen LogP contribution in [0.4, 0.5) is 10.1 Å². The minimum atomic E-state index is -0.554. The summed E-state index contributed by atoms with van der Waals surface area (Å²) in [6.07, 6.45) is 0.0634. The molecule has 0 spiro atoms. The second kappa shape index (κ2) is 9.18. The molecule has 26 heavy (non-hydrogen) atoms. The number of amides is 1. The van der Waals surface area contributed by atoms with E-state index in [1.54, 1.807) is 6.07 Å². The number of nitriles is 1. The van der Waals surface area contributed by atoms with E-state index in [0.717, 1.165) is 0 Å². The van der Waals surface area contributed by atoms with Crippen molar-refractivity contribution in [1.82, 2.24) is 0 Å². The van der Waals surface area contributed by atoms with Crippen molar-refractivity contribution in [3.8, 4) is 11.8 Å². The summed E-state index contributed by atoms with van der Waals surface area (Å²) in [6, 6.07) is 13.9. The van der Waals surface area contributed by atoms with Gasteiger partial charge in [-0.25, -0.2) is 9.18 Å². The first-order valence-corrected chi connectivity index (χ1v) is 7.80. The van der Waals surface area contributed by atoms with Crippen LogP contribution in [0, 0.1) is 17.1 Å². The van der Waals surface area contributed by atoms with Crippen LogP contribution in [0.5, 0.6) is 5.75 Å². The molecule has 0 saturated carbocycles. The van der Waals surface area contributed by atoms with Gasteiger partial charge in [0.25, 0.3) is 5.91 Å². The smallest absolute Gasteiger partial charge is 0.337 e. The van der Waals surface area contributed by atoms with Gasteiger partial charge in [0, 0.05) is 6.54 Å². The summed E-state index contributed by atoms with van der Waals surface area (Å²) >= 11 is 0. The van der Waals surface area contributed by atoms with Gasteiger partial charge in [0.1, 0.15) is 11.6 Å². The average Bonchev–Trinajstić information content (AvgIpc) is 2.67. The molecule has 2 rings (SSSR count). The first kappa shape index (κ1) is 18.9. The highest BCUT2D eigenvalue weighted by Gasteiger charge is 2.19. The van der Waals surface area contributed by atoms with E-state index in [1.165, 1.54) is 54.5 Å². The van der Waals surface area contributed by atoms with Crippen LogP contribution in [0.25, 0.3) is 0 Å². The van der Waals surface area contributed by atoms with Gasteiger partial charge in [0.2, 0.25) is 0 Å². The number of carbonyl (C=O) groups excluding carboxylic acids is 2. The van der Waals surface area contributed by atoms with Crippen LogP contribution in [-0.4, -0.2) is 32.1 Å². The quantitative estimate of drug-likeness (QED) is 0.713. The molecule has 2 aromatic rings. The largest absolute Gasteiger partial charge is 0.484 e. The van der Waals surface area contributed by atoms with E-state index in [9.17, 15) is 14.0 Å². The van der Waals surface area contributed by atoms with E-state index in [2.05, 4.69) is 4.74 Å². The molecule has 134 valence electrons. The molecule has 7 heteroatoms.